The predicted molar refractivity (Wildman–Crippen MR) is 104 cm³/mol. The molecule has 0 N–H and O–H groups in total. The van der Waals surface area contributed by atoms with Crippen molar-refractivity contribution in [2.75, 3.05) is 39.8 Å². The number of piperazine rings is 1. The first-order valence-corrected chi connectivity index (χ1v) is 9.51. The molecule has 1 atom stereocenters. The summed E-state index contributed by atoms with van der Waals surface area (Å²) in [4.78, 5) is 19.4. The predicted octanol–water partition coefficient (Wildman–Crippen LogP) is 1.75. The van der Waals surface area contributed by atoms with E-state index >= 15 is 0 Å². The lowest BCUT2D eigenvalue weighted by molar-refractivity contribution is -0.130. The van der Waals surface area contributed by atoms with Crippen LogP contribution in [0.1, 0.15) is 24.8 Å². The number of nitrogens with zero attached hydrogens (tertiary/aromatic N) is 5. The zero-order valence-corrected chi connectivity index (χ0v) is 15.9. The molecule has 142 valence electrons. The fourth-order valence-electron chi connectivity index (χ4n) is 4.24. The Hall–Kier alpha value is -1.92. The molecule has 2 aliphatic rings. The third-order valence-corrected chi connectivity index (χ3v) is 5.84. The van der Waals surface area contributed by atoms with Crippen molar-refractivity contribution in [1.82, 2.24) is 24.5 Å². The first kappa shape index (κ1) is 18.9. The highest BCUT2D eigenvalue weighted by Gasteiger charge is 2.42. The average Bonchev–Trinajstić information content (AvgIpc) is 3.00. The number of hydrogen-bond acceptors (Lipinski definition) is 4. The van der Waals surface area contributed by atoms with Crippen LogP contribution in [0, 0.1) is 0 Å². The van der Waals surface area contributed by atoms with Crippen LogP contribution < -0.4 is 0 Å². The Morgan fingerprint density at radius 3 is 2.77 bits per heavy atom. The molecular weight excluding hydrogens is 326 g/mol. The van der Waals surface area contributed by atoms with E-state index in [1.165, 1.54) is 5.56 Å². The van der Waals surface area contributed by atoms with Crippen LogP contribution in [-0.2, 0) is 17.9 Å². The zero-order chi connectivity index (χ0) is 18.6. The van der Waals surface area contributed by atoms with Crippen LogP contribution in [0.15, 0.2) is 37.7 Å². The fourth-order valence-corrected chi connectivity index (χ4v) is 4.24. The number of rotatable bonds is 6. The van der Waals surface area contributed by atoms with E-state index in [1.807, 2.05) is 27.9 Å². The van der Waals surface area contributed by atoms with E-state index in [2.05, 4.69) is 41.3 Å². The first-order chi connectivity index (χ1) is 12.6. The molecule has 2 fully saturated rings. The molecule has 0 unspecified atom stereocenters. The minimum Gasteiger partial charge on any atom is -0.339 e. The Labute approximate surface area is 156 Å². The van der Waals surface area contributed by atoms with Gasteiger partial charge in [-0.1, -0.05) is 12.2 Å². The van der Waals surface area contributed by atoms with E-state index in [0.29, 0.717) is 13.0 Å². The number of amides is 1. The molecule has 1 spiro atoms. The number of hydrogen-bond donors (Lipinski definition) is 0. The second-order valence-electron chi connectivity index (χ2n) is 7.59. The smallest absolute Gasteiger partial charge is 0.222 e. The number of likely N-dealkylation sites (N-methyl/N-ethyl adjacent to an activating group) is 1. The second kappa shape index (κ2) is 8.18. The molecule has 1 amide bonds. The van der Waals surface area contributed by atoms with Gasteiger partial charge in [-0.05, 0) is 19.9 Å². The molecule has 1 aromatic rings. The normalized spacial score (nSPS) is 25.4. The fraction of sp³-hybridized carbons (Fsp3) is 0.600. The van der Waals surface area contributed by atoms with Crippen LogP contribution in [0.25, 0.3) is 0 Å². The Bertz CT molecular complexity index is 654. The highest BCUT2D eigenvalue weighted by Crippen LogP contribution is 2.32. The van der Waals surface area contributed by atoms with Gasteiger partial charge >= 0.3 is 0 Å². The van der Waals surface area contributed by atoms with Gasteiger partial charge in [-0.25, -0.2) is 0 Å². The summed E-state index contributed by atoms with van der Waals surface area (Å²) in [7, 11) is 2.22. The Morgan fingerprint density at radius 2 is 2.00 bits per heavy atom. The maximum Gasteiger partial charge on any atom is 0.222 e. The van der Waals surface area contributed by atoms with E-state index in [0.717, 1.165) is 52.1 Å². The maximum absolute atomic E-state index is 12.4. The van der Waals surface area contributed by atoms with Gasteiger partial charge < -0.3 is 4.90 Å². The summed E-state index contributed by atoms with van der Waals surface area (Å²) in [5.41, 5.74) is 1.32. The third-order valence-electron chi connectivity index (χ3n) is 5.84. The molecule has 2 aliphatic heterocycles. The van der Waals surface area contributed by atoms with Crippen LogP contribution in [0.4, 0.5) is 0 Å². The van der Waals surface area contributed by atoms with Crippen LogP contribution in [-0.4, -0.2) is 75.7 Å². The molecule has 0 aromatic carbocycles. The van der Waals surface area contributed by atoms with Crippen LogP contribution in [0.2, 0.25) is 0 Å². The van der Waals surface area contributed by atoms with E-state index in [4.69, 9.17) is 0 Å². The quantitative estimate of drug-likeness (QED) is 0.728. The SMILES string of the molecule is C=CCN1CC[C@]2(CCC1=O)CN(Cc1cnn(CC=C)c1)CCN2C. The van der Waals surface area contributed by atoms with Crippen LogP contribution >= 0.6 is 0 Å². The van der Waals surface area contributed by atoms with E-state index in [1.54, 1.807) is 0 Å². The van der Waals surface area contributed by atoms with Gasteiger partial charge in [0.15, 0.2) is 0 Å². The van der Waals surface area contributed by atoms with Gasteiger partial charge in [0.25, 0.3) is 0 Å². The van der Waals surface area contributed by atoms with Gasteiger partial charge in [-0.2, -0.15) is 5.10 Å². The standard InChI is InChI=1S/C20H31N5O/c1-4-9-24-11-8-20(7-6-19(24)26)17-23(13-12-22(20)3)15-18-14-21-25(16-18)10-5-2/h4-5,14,16H,1-2,6-13,15,17H2,3H3/t20-/m1/s1. The summed E-state index contributed by atoms with van der Waals surface area (Å²) in [6.45, 7) is 13.8. The summed E-state index contributed by atoms with van der Waals surface area (Å²) >= 11 is 0. The van der Waals surface area contributed by atoms with Gasteiger partial charge in [0, 0.05) is 63.0 Å². The van der Waals surface area contributed by atoms with E-state index in [9.17, 15) is 4.79 Å². The van der Waals surface area contributed by atoms with Crippen molar-refractivity contribution >= 4 is 5.91 Å². The monoisotopic (exact) mass is 357 g/mol. The highest BCUT2D eigenvalue weighted by molar-refractivity contribution is 5.76. The van der Waals surface area contributed by atoms with Crippen molar-refractivity contribution in [3.8, 4) is 0 Å². The zero-order valence-electron chi connectivity index (χ0n) is 15.9. The Morgan fingerprint density at radius 1 is 1.19 bits per heavy atom. The minimum absolute atomic E-state index is 0.0843. The van der Waals surface area contributed by atoms with Crippen molar-refractivity contribution < 1.29 is 4.79 Å². The van der Waals surface area contributed by atoms with Gasteiger partial charge in [-0.3, -0.25) is 19.3 Å². The third kappa shape index (κ3) is 4.07. The Kier molecular flexibility index (Phi) is 5.94. The number of allylic oxidation sites excluding steroid dienone is 1. The topological polar surface area (TPSA) is 44.6 Å². The lowest BCUT2D eigenvalue weighted by atomic mass is 9.86. The summed E-state index contributed by atoms with van der Waals surface area (Å²) in [5.74, 6) is 0.262. The molecule has 6 nitrogen and oxygen atoms in total. The molecular formula is C20H31N5O. The largest absolute Gasteiger partial charge is 0.339 e. The van der Waals surface area contributed by atoms with Crippen molar-refractivity contribution in [3.05, 3.63) is 43.3 Å². The molecule has 0 radical (unpaired) electrons. The maximum atomic E-state index is 12.4. The van der Waals surface area contributed by atoms with Crippen molar-refractivity contribution in [2.24, 2.45) is 0 Å². The number of carbonyl (C=O) groups excluding carboxylic acids is 1. The summed E-state index contributed by atoms with van der Waals surface area (Å²) in [6, 6.07) is 0. The van der Waals surface area contributed by atoms with E-state index in [-0.39, 0.29) is 11.4 Å². The van der Waals surface area contributed by atoms with Crippen molar-refractivity contribution in [2.45, 2.75) is 37.9 Å². The lowest BCUT2D eigenvalue weighted by Gasteiger charge is -2.49. The molecule has 0 aliphatic carbocycles. The minimum atomic E-state index is 0.0843. The van der Waals surface area contributed by atoms with Crippen molar-refractivity contribution in [3.63, 3.8) is 0 Å². The molecule has 6 heteroatoms. The summed E-state index contributed by atoms with van der Waals surface area (Å²) < 4.78 is 1.92. The summed E-state index contributed by atoms with van der Waals surface area (Å²) in [5, 5.41) is 4.39. The molecule has 26 heavy (non-hydrogen) atoms. The van der Waals surface area contributed by atoms with E-state index < -0.39 is 0 Å². The lowest BCUT2D eigenvalue weighted by Crippen LogP contribution is -2.60. The van der Waals surface area contributed by atoms with Gasteiger partial charge in [0.05, 0.1) is 12.7 Å². The average molecular weight is 358 g/mol. The molecule has 0 bridgehead atoms. The van der Waals surface area contributed by atoms with Crippen LogP contribution in [0.5, 0.6) is 0 Å². The number of likely N-dealkylation sites (tertiary alicyclic amines) is 1. The van der Waals surface area contributed by atoms with Gasteiger partial charge in [0.2, 0.25) is 5.91 Å². The molecule has 3 rings (SSSR count). The van der Waals surface area contributed by atoms with Gasteiger partial charge in [0.1, 0.15) is 0 Å². The first-order valence-electron chi connectivity index (χ1n) is 9.51. The second-order valence-corrected chi connectivity index (χ2v) is 7.59. The molecule has 1 aromatic heterocycles. The van der Waals surface area contributed by atoms with Crippen molar-refractivity contribution in [1.29, 1.82) is 0 Å². The van der Waals surface area contributed by atoms with Crippen LogP contribution in [0.3, 0.4) is 0 Å². The van der Waals surface area contributed by atoms with Gasteiger partial charge in [-0.15, -0.1) is 13.2 Å². The summed E-state index contributed by atoms with van der Waals surface area (Å²) in [6.07, 6.45) is 10.3. The molecule has 0 saturated carbocycles. The number of aromatic nitrogens is 2. The number of carbonyl (C=O) groups is 1. The highest BCUT2D eigenvalue weighted by atomic mass is 16.2. The Balaban J connectivity index is 1.67. The molecule has 3 heterocycles. The molecule has 2 saturated heterocycles.